The summed E-state index contributed by atoms with van der Waals surface area (Å²) in [5.41, 5.74) is 1.89. The molecule has 0 atom stereocenters. The first-order valence-electron chi connectivity index (χ1n) is 11.9. The van der Waals surface area contributed by atoms with Crippen molar-refractivity contribution in [2.24, 2.45) is 0 Å². The summed E-state index contributed by atoms with van der Waals surface area (Å²) in [6.07, 6.45) is -3.03. The molecule has 9 heteroatoms. The van der Waals surface area contributed by atoms with Crippen LogP contribution >= 0.6 is 11.3 Å². The van der Waals surface area contributed by atoms with E-state index in [-0.39, 0.29) is 36.1 Å². The molecule has 2 amide bonds. The highest BCUT2D eigenvalue weighted by Crippen LogP contribution is 2.33. The number of likely N-dealkylation sites (tertiary alicyclic amines) is 1. The van der Waals surface area contributed by atoms with Gasteiger partial charge in [-0.1, -0.05) is 30.3 Å². The van der Waals surface area contributed by atoms with Gasteiger partial charge in [0.25, 0.3) is 0 Å². The lowest BCUT2D eigenvalue weighted by atomic mass is 9.89. The minimum atomic E-state index is -4.48. The summed E-state index contributed by atoms with van der Waals surface area (Å²) < 4.78 is 39.7. The molecule has 36 heavy (non-hydrogen) atoms. The Balaban J connectivity index is 1.29. The van der Waals surface area contributed by atoms with E-state index in [4.69, 9.17) is 0 Å². The van der Waals surface area contributed by atoms with Gasteiger partial charge in [0.2, 0.25) is 11.8 Å². The Morgan fingerprint density at radius 1 is 1.03 bits per heavy atom. The number of alkyl halides is 3. The minimum Gasteiger partial charge on any atom is -0.342 e. The van der Waals surface area contributed by atoms with Crippen LogP contribution in [0.25, 0.3) is 0 Å². The normalized spacial score (nSPS) is 14.6. The summed E-state index contributed by atoms with van der Waals surface area (Å²) in [4.78, 5) is 32.2. The van der Waals surface area contributed by atoms with E-state index in [0.717, 1.165) is 40.1 Å². The van der Waals surface area contributed by atoms with Crippen LogP contribution in [0.5, 0.6) is 0 Å². The first-order valence-corrected chi connectivity index (χ1v) is 12.7. The number of piperidine rings is 1. The van der Waals surface area contributed by atoms with Gasteiger partial charge in [0.1, 0.15) is 0 Å². The summed E-state index contributed by atoms with van der Waals surface area (Å²) in [6, 6.07) is 13.0. The van der Waals surface area contributed by atoms with E-state index in [0.29, 0.717) is 18.8 Å². The number of nitrogens with zero attached hydrogens (tertiary/aromatic N) is 2. The second-order valence-electron chi connectivity index (χ2n) is 9.07. The molecular formula is C27H28F3N3O2S. The maximum atomic E-state index is 13.2. The maximum Gasteiger partial charge on any atom is 0.416 e. The largest absolute Gasteiger partial charge is 0.416 e. The van der Waals surface area contributed by atoms with Crippen LogP contribution in [0.1, 0.15) is 51.0 Å². The number of hydrogen-bond acceptors (Lipinski definition) is 4. The second-order valence-corrected chi connectivity index (χ2v) is 10.5. The number of aryl methyl sites for hydroxylation is 2. The molecule has 0 unspecified atom stereocenters. The van der Waals surface area contributed by atoms with Crippen LogP contribution in [0.15, 0.2) is 48.5 Å². The summed E-state index contributed by atoms with van der Waals surface area (Å²) in [5, 5.41) is 3.85. The Bertz CT molecular complexity index is 1230. The Labute approximate surface area is 212 Å². The van der Waals surface area contributed by atoms with Gasteiger partial charge in [0.05, 0.1) is 29.1 Å². The van der Waals surface area contributed by atoms with E-state index in [1.165, 1.54) is 18.2 Å². The monoisotopic (exact) mass is 515 g/mol. The quantitative estimate of drug-likeness (QED) is 0.444. The average Bonchev–Trinajstić information content (AvgIpc) is 3.15. The van der Waals surface area contributed by atoms with Gasteiger partial charge in [-0.05, 0) is 61.9 Å². The first-order chi connectivity index (χ1) is 17.1. The van der Waals surface area contributed by atoms with Gasteiger partial charge in [0.15, 0.2) is 0 Å². The van der Waals surface area contributed by atoms with Crippen molar-refractivity contribution in [2.75, 3.05) is 18.4 Å². The highest BCUT2D eigenvalue weighted by molar-refractivity contribution is 7.11. The zero-order chi connectivity index (χ0) is 25.9. The SMILES string of the molecule is Cc1nc(CC(=O)Nc2ccc(C3CCN(C(=O)Cc4ccccc4C(F)(F)F)CC3)cc2)c(C)s1. The second kappa shape index (κ2) is 10.8. The lowest BCUT2D eigenvalue weighted by Gasteiger charge is -2.32. The van der Waals surface area contributed by atoms with E-state index in [1.54, 1.807) is 16.2 Å². The third-order valence-corrected chi connectivity index (χ3v) is 7.43. The molecule has 2 heterocycles. The molecule has 1 aliphatic heterocycles. The Kier molecular flexibility index (Phi) is 7.78. The van der Waals surface area contributed by atoms with Gasteiger partial charge in [-0.2, -0.15) is 13.2 Å². The van der Waals surface area contributed by atoms with Gasteiger partial charge < -0.3 is 10.2 Å². The van der Waals surface area contributed by atoms with Gasteiger partial charge in [-0.3, -0.25) is 9.59 Å². The molecule has 0 radical (unpaired) electrons. The predicted octanol–water partition coefficient (Wildman–Crippen LogP) is 5.91. The summed E-state index contributed by atoms with van der Waals surface area (Å²) in [6.45, 7) is 4.89. The fraction of sp³-hybridized carbons (Fsp3) is 0.370. The van der Waals surface area contributed by atoms with Crippen LogP contribution in [-0.2, 0) is 28.6 Å². The number of hydrogen-bond donors (Lipinski definition) is 1. The van der Waals surface area contributed by atoms with Crippen LogP contribution in [0.4, 0.5) is 18.9 Å². The van der Waals surface area contributed by atoms with Gasteiger partial charge in [0, 0.05) is 23.7 Å². The number of aromatic nitrogens is 1. The van der Waals surface area contributed by atoms with Crippen LogP contribution in [0.2, 0.25) is 0 Å². The molecule has 0 bridgehead atoms. The van der Waals surface area contributed by atoms with Crippen molar-refractivity contribution in [3.05, 3.63) is 80.8 Å². The minimum absolute atomic E-state index is 0.00911. The van der Waals surface area contributed by atoms with Crippen molar-refractivity contribution in [3.8, 4) is 0 Å². The molecule has 4 rings (SSSR count). The fourth-order valence-electron chi connectivity index (χ4n) is 4.62. The molecule has 5 nitrogen and oxygen atoms in total. The van der Waals surface area contributed by atoms with Crippen molar-refractivity contribution >= 4 is 28.8 Å². The molecule has 1 fully saturated rings. The van der Waals surface area contributed by atoms with Gasteiger partial charge in [-0.25, -0.2) is 4.98 Å². The average molecular weight is 516 g/mol. The van der Waals surface area contributed by atoms with Gasteiger partial charge >= 0.3 is 6.18 Å². The number of amides is 2. The number of anilines is 1. The lowest BCUT2D eigenvalue weighted by molar-refractivity contribution is -0.138. The molecule has 0 spiro atoms. The Hall–Kier alpha value is -3.20. The van der Waals surface area contributed by atoms with Gasteiger partial charge in [-0.15, -0.1) is 11.3 Å². The van der Waals surface area contributed by atoms with Crippen molar-refractivity contribution in [3.63, 3.8) is 0 Å². The number of carbonyl (C=O) groups excluding carboxylic acids is 2. The first kappa shape index (κ1) is 25.9. The third-order valence-electron chi connectivity index (χ3n) is 6.51. The van der Waals surface area contributed by atoms with E-state index in [2.05, 4.69) is 10.3 Å². The molecule has 0 aliphatic carbocycles. The lowest BCUT2D eigenvalue weighted by Crippen LogP contribution is -2.39. The van der Waals surface area contributed by atoms with Crippen molar-refractivity contribution in [1.82, 2.24) is 9.88 Å². The van der Waals surface area contributed by atoms with E-state index in [1.807, 2.05) is 38.1 Å². The number of carbonyl (C=O) groups is 2. The standard InChI is InChI=1S/C27H28F3N3O2S/c1-17-24(31-18(2)36-17)16-25(34)32-22-9-7-19(8-10-22)20-11-13-33(14-12-20)26(35)15-21-5-3-4-6-23(21)27(28,29)30/h3-10,20H,11-16H2,1-2H3,(H,32,34). The van der Waals surface area contributed by atoms with E-state index >= 15 is 0 Å². The van der Waals surface area contributed by atoms with Crippen molar-refractivity contribution in [1.29, 1.82) is 0 Å². The molecule has 0 saturated carbocycles. The Morgan fingerprint density at radius 3 is 2.31 bits per heavy atom. The highest BCUT2D eigenvalue weighted by atomic mass is 32.1. The molecule has 2 aromatic carbocycles. The highest BCUT2D eigenvalue weighted by Gasteiger charge is 2.34. The molecule has 1 aromatic heterocycles. The fourth-order valence-corrected chi connectivity index (χ4v) is 5.45. The number of halogens is 3. The van der Waals surface area contributed by atoms with Crippen LogP contribution in [-0.4, -0.2) is 34.8 Å². The molecular weight excluding hydrogens is 487 g/mol. The molecule has 190 valence electrons. The number of thiazole rings is 1. The Morgan fingerprint density at radius 2 is 1.69 bits per heavy atom. The zero-order valence-electron chi connectivity index (χ0n) is 20.2. The number of nitrogens with one attached hydrogen (secondary N) is 1. The van der Waals surface area contributed by atoms with Crippen LogP contribution in [0, 0.1) is 13.8 Å². The summed E-state index contributed by atoms with van der Waals surface area (Å²) in [7, 11) is 0. The molecule has 1 aliphatic rings. The van der Waals surface area contributed by atoms with E-state index < -0.39 is 11.7 Å². The van der Waals surface area contributed by atoms with Crippen LogP contribution < -0.4 is 5.32 Å². The smallest absolute Gasteiger partial charge is 0.342 e. The van der Waals surface area contributed by atoms with Crippen LogP contribution in [0.3, 0.4) is 0 Å². The molecule has 3 aromatic rings. The van der Waals surface area contributed by atoms with E-state index in [9.17, 15) is 22.8 Å². The summed E-state index contributed by atoms with van der Waals surface area (Å²) in [5.74, 6) is -0.147. The topological polar surface area (TPSA) is 62.3 Å². The zero-order valence-corrected chi connectivity index (χ0v) is 21.0. The van der Waals surface area contributed by atoms with Crippen molar-refractivity contribution < 1.29 is 22.8 Å². The molecule has 1 N–H and O–H groups in total. The van der Waals surface area contributed by atoms with Crippen molar-refractivity contribution in [2.45, 2.75) is 51.6 Å². The number of benzene rings is 2. The maximum absolute atomic E-state index is 13.2. The summed E-state index contributed by atoms with van der Waals surface area (Å²) >= 11 is 1.58. The predicted molar refractivity (Wildman–Crippen MR) is 134 cm³/mol. The third kappa shape index (κ3) is 6.32. The molecule has 1 saturated heterocycles. The number of rotatable bonds is 6.